The molecule has 9 nitrogen and oxygen atoms in total. The lowest BCUT2D eigenvalue weighted by molar-refractivity contribution is -0.140. The number of ether oxygens (including phenoxy) is 2. The average molecular weight is 566 g/mol. The van der Waals surface area contributed by atoms with Gasteiger partial charge in [-0.3, -0.25) is 13.9 Å². The van der Waals surface area contributed by atoms with Crippen molar-refractivity contribution in [1.29, 1.82) is 0 Å². The van der Waals surface area contributed by atoms with Crippen LogP contribution in [0.2, 0.25) is 0 Å². The van der Waals surface area contributed by atoms with E-state index in [0.29, 0.717) is 18.0 Å². The molecule has 212 valence electrons. The van der Waals surface area contributed by atoms with E-state index in [0.717, 1.165) is 33.7 Å². The summed E-state index contributed by atoms with van der Waals surface area (Å²) in [5, 5.41) is 2.93. The zero-order valence-corrected chi connectivity index (χ0v) is 23.8. The van der Waals surface area contributed by atoms with Crippen LogP contribution in [0.15, 0.2) is 72.8 Å². The maximum atomic E-state index is 14.1. The summed E-state index contributed by atoms with van der Waals surface area (Å²) in [4.78, 5) is 29.1. The van der Waals surface area contributed by atoms with Gasteiger partial charge in [0.15, 0.2) is 11.5 Å². The van der Waals surface area contributed by atoms with Crippen LogP contribution in [0.3, 0.4) is 0 Å². The maximum absolute atomic E-state index is 14.1. The summed E-state index contributed by atoms with van der Waals surface area (Å²) in [5.74, 6) is 0.106. The first-order valence-corrected chi connectivity index (χ1v) is 15.0. The predicted octanol–water partition coefficient (Wildman–Crippen LogP) is 3.66. The number of carbonyl (C=O) groups is 2. The smallest absolute Gasteiger partial charge is 0.244 e. The standard InChI is InChI=1S/C30H35N3O6S/c1-4-15-31-30(35)26(17-23-10-6-5-7-11-23)32(19-24-12-8-9-22(2)16-24)29(34)20-33(40(3,36)37)25-13-14-27-28(18-25)39-21-38-27/h5-14,16,18,26H,4,15,17,19-21H2,1-3H3,(H,31,35)/t26-/m1/s1. The van der Waals surface area contributed by atoms with Gasteiger partial charge in [-0.2, -0.15) is 0 Å². The number of nitrogens with zero attached hydrogens (tertiary/aromatic N) is 2. The first kappa shape index (κ1) is 28.9. The molecule has 40 heavy (non-hydrogen) atoms. The molecule has 0 bridgehead atoms. The minimum atomic E-state index is -3.87. The van der Waals surface area contributed by atoms with Gasteiger partial charge in [0.25, 0.3) is 0 Å². The third-order valence-electron chi connectivity index (χ3n) is 6.58. The fourth-order valence-electron chi connectivity index (χ4n) is 4.58. The number of rotatable bonds is 12. The Morgan fingerprint density at radius 2 is 1.68 bits per heavy atom. The number of nitrogens with one attached hydrogen (secondary N) is 1. The molecule has 0 unspecified atom stereocenters. The van der Waals surface area contributed by atoms with E-state index in [-0.39, 0.29) is 31.4 Å². The van der Waals surface area contributed by atoms with Crippen molar-refractivity contribution in [2.75, 3.05) is 30.4 Å². The molecule has 4 rings (SSSR count). The van der Waals surface area contributed by atoms with E-state index in [1.165, 1.54) is 11.0 Å². The normalized spacial score (nSPS) is 13.0. The molecule has 0 radical (unpaired) electrons. The second-order valence-corrected chi connectivity index (χ2v) is 11.7. The molecular weight excluding hydrogens is 530 g/mol. The second-order valence-electron chi connectivity index (χ2n) is 9.81. The average Bonchev–Trinajstić information content (AvgIpc) is 3.40. The number of carbonyl (C=O) groups excluding carboxylic acids is 2. The van der Waals surface area contributed by atoms with E-state index in [2.05, 4.69) is 5.32 Å². The number of sulfonamides is 1. The topological polar surface area (TPSA) is 105 Å². The van der Waals surface area contributed by atoms with Crippen LogP contribution in [-0.4, -0.2) is 57.3 Å². The molecule has 0 saturated heterocycles. The number of hydrogen-bond donors (Lipinski definition) is 1. The summed E-state index contributed by atoms with van der Waals surface area (Å²) in [6, 6.07) is 21.0. The molecule has 0 spiro atoms. The van der Waals surface area contributed by atoms with Crippen molar-refractivity contribution in [3.05, 3.63) is 89.5 Å². The van der Waals surface area contributed by atoms with E-state index in [1.54, 1.807) is 12.1 Å². The summed E-state index contributed by atoms with van der Waals surface area (Å²) in [6.45, 7) is 4.05. The molecule has 0 aliphatic carbocycles. The number of amides is 2. The molecule has 0 saturated carbocycles. The second kappa shape index (κ2) is 12.9. The van der Waals surface area contributed by atoms with E-state index in [1.807, 2.05) is 68.4 Å². The Kier molecular flexibility index (Phi) is 9.31. The molecule has 10 heteroatoms. The van der Waals surface area contributed by atoms with Crippen LogP contribution in [0.25, 0.3) is 0 Å². The highest BCUT2D eigenvalue weighted by molar-refractivity contribution is 7.92. The van der Waals surface area contributed by atoms with Crippen LogP contribution in [-0.2, 0) is 32.6 Å². The zero-order valence-electron chi connectivity index (χ0n) is 23.0. The van der Waals surface area contributed by atoms with Crippen molar-refractivity contribution in [3.63, 3.8) is 0 Å². The van der Waals surface area contributed by atoms with Gasteiger partial charge in [0, 0.05) is 25.6 Å². The number of benzene rings is 3. The van der Waals surface area contributed by atoms with Crippen LogP contribution in [0.5, 0.6) is 11.5 Å². The number of fused-ring (bicyclic) bond motifs is 1. The number of hydrogen-bond acceptors (Lipinski definition) is 6. The largest absolute Gasteiger partial charge is 0.454 e. The minimum absolute atomic E-state index is 0.0366. The molecule has 2 amide bonds. The maximum Gasteiger partial charge on any atom is 0.244 e. The van der Waals surface area contributed by atoms with Crippen LogP contribution in [0.1, 0.15) is 30.0 Å². The first-order valence-electron chi connectivity index (χ1n) is 13.2. The molecular formula is C30H35N3O6S. The minimum Gasteiger partial charge on any atom is -0.454 e. The molecule has 3 aromatic rings. The van der Waals surface area contributed by atoms with Crippen molar-refractivity contribution in [3.8, 4) is 11.5 Å². The Morgan fingerprint density at radius 1 is 0.950 bits per heavy atom. The van der Waals surface area contributed by atoms with Gasteiger partial charge in [-0.15, -0.1) is 0 Å². The SMILES string of the molecule is CCCNC(=O)[C@@H](Cc1ccccc1)N(Cc1cccc(C)c1)C(=O)CN(c1ccc2c(c1)OCO2)S(C)(=O)=O. The van der Waals surface area contributed by atoms with Crippen LogP contribution in [0.4, 0.5) is 5.69 Å². The lowest BCUT2D eigenvalue weighted by Gasteiger charge is -2.33. The van der Waals surface area contributed by atoms with E-state index < -0.39 is 28.5 Å². The Bertz CT molecular complexity index is 1440. The third-order valence-corrected chi connectivity index (χ3v) is 7.72. The quantitative estimate of drug-likeness (QED) is 0.360. The summed E-state index contributed by atoms with van der Waals surface area (Å²) < 4.78 is 37.7. The van der Waals surface area contributed by atoms with Gasteiger partial charge in [0.1, 0.15) is 12.6 Å². The lowest BCUT2D eigenvalue weighted by atomic mass is 10.0. The molecule has 1 atom stereocenters. The summed E-state index contributed by atoms with van der Waals surface area (Å²) in [5.41, 5.74) is 3.00. The molecule has 1 heterocycles. The number of anilines is 1. The zero-order chi connectivity index (χ0) is 28.7. The van der Waals surface area contributed by atoms with Gasteiger partial charge < -0.3 is 19.7 Å². The van der Waals surface area contributed by atoms with Gasteiger partial charge in [0.05, 0.1) is 11.9 Å². The van der Waals surface area contributed by atoms with Gasteiger partial charge in [-0.25, -0.2) is 8.42 Å². The van der Waals surface area contributed by atoms with Crippen LogP contribution in [0, 0.1) is 6.92 Å². The fraction of sp³-hybridized carbons (Fsp3) is 0.333. The molecule has 1 N–H and O–H groups in total. The third kappa shape index (κ3) is 7.32. The summed E-state index contributed by atoms with van der Waals surface area (Å²) >= 11 is 0. The number of aryl methyl sites for hydroxylation is 1. The highest BCUT2D eigenvalue weighted by Crippen LogP contribution is 2.36. The molecule has 3 aromatic carbocycles. The van der Waals surface area contributed by atoms with E-state index in [4.69, 9.17) is 9.47 Å². The van der Waals surface area contributed by atoms with Crippen LogP contribution >= 0.6 is 0 Å². The van der Waals surface area contributed by atoms with Gasteiger partial charge in [0.2, 0.25) is 28.6 Å². The van der Waals surface area contributed by atoms with Crippen molar-refractivity contribution in [1.82, 2.24) is 10.2 Å². The van der Waals surface area contributed by atoms with E-state index >= 15 is 0 Å². The van der Waals surface area contributed by atoms with Crippen molar-refractivity contribution >= 4 is 27.5 Å². The van der Waals surface area contributed by atoms with Crippen molar-refractivity contribution in [2.24, 2.45) is 0 Å². The Hall–Kier alpha value is -4.05. The molecule has 0 fully saturated rings. The summed E-state index contributed by atoms with van der Waals surface area (Å²) in [7, 11) is -3.87. The lowest BCUT2D eigenvalue weighted by Crippen LogP contribution is -2.53. The van der Waals surface area contributed by atoms with Gasteiger partial charge in [-0.05, 0) is 36.6 Å². The highest BCUT2D eigenvalue weighted by atomic mass is 32.2. The van der Waals surface area contributed by atoms with E-state index in [9.17, 15) is 18.0 Å². The van der Waals surface area contributed by atoms with Crippen molar-refractivity contribution < 1.29 is 27.5 Å². The Balaban J connectivity index is 1.72. The predicted molar refractivity (Wildman–Crippen MR) is 154 cm³/mol. The van der Waals surface area contributed by atoms with Gasteiger partial charge >= 0.3 is 0 Å². The van der Waals surface area contributed by atoms with Gasteiger partial charge in [-0.1, -0.05) is 67.1 Å². The molecule has 1 aliphatic rings. The monoisotopic (exact) mass is 565 g/mol. The molecule has 1 aliphatic heterocycles. The highest BCUT2D eigenvalue weighted by Gasteiger charge is 2.33. The Morgan fingerprint density at radius 3 is 2.38 bits per heavy atom. The van der Waals surface area contributed by atoms with Crippen LogP contribution < -0.4 is 19.1 Å². The molecule has 0 aromatic heterocycles. The Labute approximate surface area is 235 Å². The summed E-state index contributed by atoms with van der Waals surface area (Å²) in [6.07, 6.45) is 2.06. The van der Waals surface area contributed by atoms with Crippen molar-refractivity contribution in [2.45, 2.75) is 39.3 Å². The first-order chi connectivity index (χ1) is 19.2. The fourth-order valence-corrected chi connectivity index (χ4v) is 5.42.